The van der Waals surface area contributed by atoms with Crippen LogP contribution in [0, 0.1) is 11.8 Å². The normalized spacial score (nSPS) is 22.5. The molecule has 3 atom stereocenters. The minimum Gasteiger partial charge on any atom is -0.459 e. The molecule has 0 spiro atoms. The molecule has 1 saturated heterocycles. The van der Waals surface area contributed by atoms with Crippen LogP contribution in [-0.4, -0.2) is 39.4 Å². The van der Waals surface area contributed by atoms with Crippen LogP contribution in [0.3, 0.4) is 0 Å². The minimum atomic E-state index is -2.12. The molecule has 0 unspecified atom stereocenters. The lowest BCUT2D eigenvalue weighted by Crippen LogP contribution is -2.48. The van der Waals surface area contributed by atoms with Crippen molar-refractivity contribution >= 4 is 14.3 Å². The fourth-order valence-electron chi connectivity index (χ4n) is 3.02. The first-order valence-corrected chi connectivity index (χ1v) is 12.9. The van der Waals surface area contributed by atoms with E-state index in [1.165, 1.54) is 7.11 Å². The summed E-state index contributed by atoms with van der Waals surface area (Å²) < 4.78 is 23.9. The van der Waals surface area contributed by atoms with Crippen LogP contribution in [0.4, 0.5) is 0 Å². The van der Waals surface area contributed by atoms with Gasteiger partial charge in [-0.25, -0.2) is 4.79 Å². The molecule has 0 amide bonds. The Labute approximate surface area is 176 Å². The molecular formula is C23H34O5Si. The first kappa shape index (κ1) is 23.6. The Kier molecular flexibility index (Phi) is 7.34. The van der Waals surface area contributed by atoms with Crippen LogP contribution >= 0.6 is 0 Å². The lowest BCUT2D eigenvalue weighted by Gasteiger charge is -2.40. The van der Waals surface area contributed by atoms with E-state index >= 15 is 0 Å². The van der Waals surface area contributed by atoms with E-state index in [-0.39, 0.29) is 23.4 Å². The highest BCUT2D eigenvalue weighted by molar-refractivity contribution is 6.74. The number of esters is 1. The maximum atomic E-state index is 11.5. The van der Waals surface area contributed by atoms with Gasteiger partial charge in [-0.15, -0.1) is 0 Å². The van der Waals surface area contributed by atoms with Gasteiger partial charge in [-0.05, 0) is 37.5 Å². The van der Waals surface area contributed by atoms with Gasteiger partial charge in [0.1, 0.15) is 12.2 Å². The van der Waals surface area contributed by atoms with E-state index in [2.05, 4.69) is 50.4 Å². The maximum Gasteiger partial charge on any atom is 0.384 e. The third-order valence-electron chi connectivity index (χ3n) is 5.55. The summed E-state index contributed by atoms with van der Waals surface area (Å²) in [7, 11) is -0.795. The van der Waals surface area contributed by atoms with Crippen molar-refractivity contribution in [2.24, 2.45) is 0 Å². The molecule has 0 saturated carbocycles. The molecule has 1 fully saturated rings. The Morgan fingerprint density at radius 1 is 1.21 bits per heavy atom. The van der Waals surface area contributed by atoms with E-state index in [9.17, 15) is 4.79 Å². The van der Waals surface area contributed by atoms with Gasteiger partial charge in [0.15, 0.2) is 14.1 Å². The molecule has 6 heteroatoms. The molecule has 0 aromatic heterocycles. The number of ether oxygens (including phenoxy) is 3. The van der Waals surface area contributed by atoms with Gasteiger partial charge in [-0.1, -0.05) is 57.0 Å². The molecule has 1 aromatic rings. The van der Waals surface area contributed by atoms with Crippen LogP contribution in [-0.2, 0) is 23.4 Å². The average Bonchev–Trinajstić information content (AvgIpc) is 2.96. The maximum absolute atomic E-state index is 11.5. The predicted molar refractivity (Wildman–Crippen MR) is 116 cm³/mol. The molecule has 1 heterocycles. The summed E-state index contributed by atoms with van der Waals surface area (Å²) in [5, 5.41) is 0.0260. The minimum absolute atomic E-state index is 0.0260. The summed E-state index contributed by atoms with van der Waals surface area (Å²) in [4.78, 5) is 11.5. The van der Waals surface area contributed by atoms with Crippen molar-refractivity contribution in [2.75, 3.05) is 7.11 Å². The van der Waals surface area contributed by atoms with Gasteiger partial charge in [0, 0.05) is 12.3 Å². The number of carbonyl (C=O) groups excluding carboxylic acids is 1. The highest BCUT2D eigenvalue weighted by atomic mass is 28.4. The third kappa shape index (κ3) is 6.16. The van der Waals surface area contributed by atoms with Gasteiger partial charge in [0.25, 0.3) is 0 Å². The standard InChI is InChI=1S/C23H34O5Si/c1-22(2,3)29(7,8)28-18(15-12-16-19(24)25-6)21-20(26-23(4,5)27-21)17-13-10-9-11-14-17/h9-11,13-14,18,20-21H,15H2,1-8H3/t18-,20+,21+/m1/s1. The van der Waals surface area contributed by atoms with Crippen LogP contribution in [0.2, 0.25) is 18.1 Å². The first-order valence-electron chi connectivity index (χ1n) is 10.0. The molecule has 1 aliphatic rings. The molecular weight excluding hydrogens is 384 g/mol. The summed E-state index contributed by atoms with van der Waals surface area (Å²) in [6, 6.07) is 10.0. The second-order valence-corrected chi connectivity index (χ2v) is 14.1. The van der Waals surface area contributed by atoms with E-state index in [1.54, 1.807) is 0 Å². The monoisotopic (exact) mass is 418 g/mol. The summed E-state index contributed by atoms with van der Waals surface area (Å²) >= 11 is 0. The number of methoxy groups -OCH3 is 1. The predicted octanol–water partition coefficient (Wildman–Crippen LogP) is 4.84. The molecule has 29 heavy (non-hydrogen) atoms. The molecule has 0 aliphatic carbocycles. The second-order valence-electron chi connectivity index (χ2n) is 9.35. The summed E-state index contributed by atoms with van der Waals surface area (Å²) in [6.07, 6.45) is -0.593. The molecule has 1 aliphatic heterocycles. The molecule has 0 bridgehead atoms. The summed E-state index contributed by atoms with van der Waals surface area (Å²) in [6.45, 7) is 14.8. The molecule has 2 rings (SSSR count). The zero-order valence-corrected chi connectivity index (χ0v) is 19.9. The van der Waals surface area contributed by atoms with E-state index in [0.29, 0.717) is 6.42 Å². The van der Waals surface area contributed by atoms with Crippen molar-refractivity contribution in [1.82, 2.24) is 0 Å². The Morgan fingerprint density at radius 3 is 2.38 bits per heavy atom. The summed E-state index contributed by atoms with van der Waals surface area (Å²) in [5.74, 6) is 4.14. The van der Waals surface area contributed by atoms with E-state index in [4.69, 9.17) is 13.9 Å². The van der Waals surface area contributed by atoms with E-state index in [1.807, 2.05) is 44.2 Å². The number of hydrogen-bond acceptors (Lipinski definition) is 5. The lowest BCUT2D eigenvalue weighted by molar-refractivity contribution is -0.154. The number of rotatable bonds is 5. The van der Waals surface area contributed by atoms with Gasteiger partial charge in [0.05, 0.1) is 13.2 Å². The Hall–Kier alpha value is -1.65. The lowest BCUT2D eigenvalue weighted by atomic mass is 9.99. The fraction of sp³-hybridized carbons (Fsp3) is 0.609. The van der Waals surface area contributed by atoms with Gasteiger partial charge in [0.2, 0.25) is 0 Å². The largest absolute Gasteiger partial charge is 0.459 e. The summed E-state index contributed by atoms with van der Waals surface area (Å²) in [5.41, 5.74) is 1.04. The van der Waals surface area contributed by atoms with E-state index < -0.39 is 20.1 Å². The van der Waals surface area contributed by atoms with Crippen molar-refractivity contribution in [2.45, 2.75) is 83.3 Å². The SMILES string of the molecule is COC(=O)C#CC[C@@H](O[Si](C)(C)C(C)(C)C)[C@@H]1OC(C)(C)O[C@H]1c1ccccc1. The molecule has 0 radical (unpaired) electrons. The quantitative estimate of drug-likeness (QED) is 0.296. The fourth-order valence-corrected chi connectivity index (χ4v) is 4.34. The van der Waals surface area contributed by atoms with Gasteiger partial charge < -0.3 is 18.6 Å². The van der Waals surface area contributed by atoms with Crippen LogP contribution in [0.15, 0.2) is 30.3 Å². The number of benzene rings is 1. The number of hydrogen-bond donors (Lipinski definition) is 0. The molecule has 5 nitrogen and oxygen atoms in total. The molecule has 160 valence electrons. The zero-order valence-electron chi connectivity index (χ0n) is 18.9. The van der Waals surface area contributed by atoms with Crippen LogP contribution in [0.5, 0.6) is 0 Å². The average molecular weight is 419 g/mol. The first-order chi connectivity index (χ1) is 13.4. The van der Waals surface area contributed by atoms with Crippen molar-refractivity contribution in [3.05, 3.63) is 35.9 Å². The van der Waals surface area contributed by atoms with Gasteiger partial charge in [-0.3, -0.25) is 0 Å². The highest BCUT2D eigenvalue weighted by Gasteiger charge is 2.49. The van der Waals surface area contributed by atoms with Gasteiger partial charge in [-0.2, -0.15) is 0 Å². The van der Waals surface area contributed by atoms with Crippen molar-refractivity contribution in [1.29, 1.82) is 0 Å². The van der Waals surface area contributed by atoms with Gasteiger partial charge >= 0.3 is 5.97 Å². The topological polar surface area (TPSA) is 54.0 Å². The van der Waals surface area contributed by atoms with Crippen molar-refractivity contribution in [3.63, 3.8) is 0 Å². The molecule has 1 aromatic carbocycles. The Bertz CT molecular complexity index is 755. The van der Waals surface area contributed by atoms with E-state index in [0.717, 1.165) is 5.56 Å². The Morgan fingerprint density at radius 2 is 1.83 bits per heavy atom. The third-order valence-corrected chi connectivity index (χ3v) is 10.1. The number of carbonyl (C=O) groups is 1. The highest BCUT2D eigenvalue weighted by Crippen LogP contribution is 2.44. The molecule has 0 N–H and O–H groups in total. The van der Waals surface area contributed by atoms with Crippen LogP contribution < -0.4 is 0 Å². The zero-order chi connectivity index (χ0) is 21.9. The van der Waals surface area contributed by atoms with Crippen molar-refractivity contribution in [3.8, 4) is 11.8 Å². The van der Waals surface area contributed by atoms with Crippen LogP contribution in [0.1, 0.15) is 52.7 Å². The smallest absolute Gasteiger partial charge is 0.384 e. The Balaban J connectivity index is 2.38. The second kappa shape index (κ2) is 9.01. The van der Waals surface area contributed by atoms with Crippen LogP contribution in [0.25, 0.3) is 0 Å². The van der Waals surface area contributed by atoms with Crippen molar-refractivity contribution < 1.29 is 23.4 Å².